The Morgan fingerprint density at radius 3 is 2.54 bits per heavy atom. The fourth-order valence-electron chi connectivity index (χ4n) is 6.77. The van der Waals surface area contributed by atoms with Crippen LogP contribution in [0.4, 0.5) is 11.4 Å². The molecule has 4 aromatic rings. The molecule has 0 saturated carbocycles. The lowest BCUT2D eigenvalue weighted by Gasteiger charge is -2.35. The molecule has 0 bridgehead atoms. The average Bonchev–Trinajstić information content (AvgIpc) is 3.55. The van der Waals surface area contributed by atoms with Gasteiger partial charge in [0.15, 0.2) is 5.58 Å². The van der Waals surface area contributed by atoms with Gasteiger partial charge in [0.25, 0.3) is 0 Å². The van der Waals surface area contributed by atoms with Crippen molar-refractivity contribution in [1.29, 1.82) is 0 Å². The lowest BCUT2D eigenvalue weighted by molar-refractivity contribution is 0.461. The number of allylic oxidation sites excluding steroid dienone is 10. The van der Waals surface area contributed by atoms with Gasteiger partial charge >= 0.3 is 0 Å². The van der Waals surface area contributed by atoms with Crippen LogP contribution < -0.4 is 4.90 Å². The van der Waals surface area contributed by atoms with Crippen molar-refractivity contribution in [2.24, 2.45) is 5.10 Å². The molecule has 4 aliphatic rings. The molecular weight excluding hydrogens is 562 g/mol. The van der Waals surface area contributed by atoms with E-state index in [-0.39, 0.29) is 5.41 Å². The van der Waals surface area contributed by atoms with Crippen LogP contribution in [0.15, 0.2) is 166 Å². The van der Waals surface area contributed by atoms with Crippen molar-refractivity contribution in [2.45, 2.75) is 46.0 Å². The molecule has 0 saturated heterocycles. The summed E-state index contributed by atoms with van der Waals surface area (Å²) >= 11 is 0. The van der Waals surface area contributed by atoms with E-state index in [1.807, 2.05) is 44.2 Å². The summed E-state index contributed by atoms with van der Waals surface area (Å²) in [5.41, 5.74) is 11.6. The smallest absolute Gasteiger partial charge is 0.157 e. The Kier molecular flexibility index (Phi) is 7.79. The predicted molar refractivity (Wildman–Crippen MR) is 193 cm³/mol. The first-order valence-corrected chi connectivity index (χ1v) is 16.1. The third-order valence-electron chi connectivity index (χ3n) is 9.05. The monoisotopic (exact) mass is 601 g/mol. The number of hydrazone groups is 1. The number of rotatable bonds is 3. The van der Waals surface area contributed by atoms with E-state index in [1.54, 1.807) is 6.26 Å². The van der Waals surface area contributed by atoms with Gasteiger partial charge in [-0.25, -0.2) is 5.01 Å². The zero-order valence-corrected chi connectivity index (χ0v) is 26.9. The second kappa shape index (κ2) is 12.2. The van der Waals surface area contributed by atoms with E-state index in [4.69, 9.17) is 9.52 Å². The molecule has 3 aromatic carbocycles. The Morgan fingerprint density at radius 1 is 0.870 bits per heavy atom. The molecule has 0 unspecified atom stereocenters. The normalized spacial score (nSPS) is 17.3. The van der Waals surface area contributed by atoms with Crippen molar-refractivity contribution in [3.05, 3.63) is 168 Å². The van der Waals surface area contributed by atoms with Crippen molar-refractivity contribution >= 4 is 28.2 Å². The van der Waals surface area contributed by atoms with Crippen molar-refractivity contribution in [3.63, 3.8) is 0 Å². The van der Waals surface area contributed by atoms with E-state index in [1.165, 1.54) is 27.8 Å². The minimum absolute atomic E-state index is 0.0425. The molecular formula is C42H39N3O. The molecule has 2 aliphatic carbocycles. The first-order valence-electron chi connectivity index (χ1n) is 16.1. The summed E-state index contributed by atoms with van der Waals surface area (Å²) in [6.45, 7) is 8.64. The predicted octanol–water partition coefficient (Wildman–Crippen LogP) is 11.3. The van der Waals surface area contributed by atoms with Crippen molar-refractivity contribution in [3.8, 4) is 11.1 Å². The maximum Gasteiger partial charge on any atom is 0.157 e. The van der Waals surface area contributed by atoms with Crippen LogP contribution in [-0.2, 0) is 5.41 Å². The fourth-order valence-corrected chi connectivity index (χ4v) is 6.77. The van der Waals surface area contributed by atoms with Crippen molar-refractivity contribution < 1.29 is 4.42 Å². The van der Waals surface area contributed by atoms with E-state index in [2.05, 4.69) is 127 Å². The highest BCUT2D eigenvalue weighted by atomic mass is 16.3. The molecule has 0 fully saturated rings. The minimum atomic E-state index is -0.0425. The molecule has 8 rings (SSSR count). The van der Waals surface area contributed by atoms with Crippen LogP contribution in [0.1, 0.15) is 51.7 Å². The van der Waals surface area contributed by atoms with Gasteiger partial charge in [0, 0.05) is 22.9 Å². The number of anilines is 2. The lowest BCUT2D eigenvalue weighted by atomic mass is 9.82. The molecule has 46 heavy (non-hydrogen) atoms. The summed E-state index contributed by atoms with van der Waals surface area (Å²) in [5.74, 6) is 0.950. The zero-order chi connectivity index (χ0) is 31.7. The quantitative estimate of drug-likeness (QED) is 0.219. The maximum atomic E-state index is 6.07. The third-order valence-corrected chi connectivity index (χ3v) is 9.05. The van der Waals surface area contributed by atoms with Gasteiger partial charge in [-0.2, -0.15) is 5.10 Å². The van der Waals surface area contributed by atoms with Crippen molar-refractivity contribution in [2.75, 3.05) is 4.90 Å². The molecule has 0 radical (unpaired) electrons. The largest absolute Gasteiger partial charge is 0.462 e. The first kappa shape index (κ1) is 29.4. The summed E-state index contributed by atoms with van der Waals surface area (Å²) < 4.78 is 6.07. The van der Waals surface area contributed by atoms with Crippen LogP contribution >= 0.6 is 0 Å². The van der Waals surface area contributed by atoms with E-state index in [0.29, 0.717) is 6.42 Å². The lowest BCUT2D eigenvalue weighted by Crippen LogP contribution is -2.33. The Morgan fingerprint density at radius 2 is 1.70 bits per heavy atom. The minimum Gasteiger partial charge on any atom is -0.462 e. The number of hydrogen-bond acceptors (Lipinski definition) is 4. The summed E-state index contributed by atoms with van der Waals surface area (Å²) in [6, 6.07) is 24.0. The van der Waals surface area contributed by atoms with Gasteiger partial charge in [-0.15, -0.1) is 0 Å². The summed E-state index contributed by atoms with van der Waals surface area (Å²) in [7, 11) is 0. The maximum absolute atomic E-state index is 6.07. The second-order valence-corrected chi connectivity index (χ2v) is 12.3. The van der Waals surface area contributed by atoms with Crippen LogP contribution in [0.2, 0.25) is 0 Å². The number of nitrogens with zero attached hydrogens (tertiary/aromatic N) is 3. The number of hydrogen-bond donors (Lipinski definition) is 0. The molecule has 0 spiro atoms. The summed E-state index contributed by atoms with van der Waals surface area (Å²) in [4.78, 5) is 2.28. The highest BCUT2D eigenvalue weighted by molar-refractivity contribution is 6.10. The average molecular weight is 602 g/mol. The van der Waals surface area contributed by atoms with Gasteiger partial charge in [-0.3, -0.25) is 4.90 Å². The SMILES string of the molecule is C/C=C\C=C/C.CC1(C)c2ccccc2-c2cc(N(C3=NN4C(=CC3)C=CC3=CC=CCC=C34)c3cccc4ccoc34)ccc21. The Bertz CT molecular complexity index is 2050. The zero-order valence-electron chi connectivity index (χ0n) is 26.9. The summed E-state index contributed by atoms with van der Waals surface area (Å²) in [6.07, 6.45) is 26.7. The fraction of sp³-hybridized carbons (Fsp3) is 0.167. The molecule has 0 amide bonds. The number of fused-ring (bicyclic) bond motifs is 7. The van der Waals surface area contributed by atoms with Gasteiger partial charge in [0.2, 0.25) is 0 Å². The van der Waals surface area contributed by atoms with Crippen LogP contribution in [-0.4, -0.2) is 10.8 Å². The standard InChI is InChI=1S/C36H29N3O.C6H10/c1-36(2)30-12-7-6-11-28(30)29-23-27(17-19-31(29)36)38(33-14-8-10-25-21-22-40-35(25)33)34-20-18-26-16-15-24-9-4-3-5-13-32(24)39(26)37-34;1-3-5-6-4-2/h3-4,6-19,21-23H,5,20H2,1-2H3;3-6H,1-2H3/b;5-3-,6-4-. The molecule has 4 heteroatoms. The number of benzene rings is 3. The highest BCUT2D eigenvalue weighted by Crippen LogP contribution is 2.50. The molecule has 228 valence electrons. The van der Waals surface area contributed by atoms with Gasteiger partial charge in [-0.1, -0.05) is 117 Å². The van der Waals surface area contributed by atoms with E-state index < -0.39 is 0 Å². The number of amidine groups is 1. The molecule has 1 aromatic heterocycles. The third kappa shape index (κ3) is 5.10. The second-order valence-electron chi connectivity index (χ2n) is 12.3. The number of furan rings is 1. The van der Waals surface area contributed by atoms with E-state index in [0.717, 1.165) is 46.0 Å². The van der Waals surface area contributed by atoms with Gasteiger partial charge in [0.1, 0.15) is 5.84 Å². The van der Waals surface area contributed by atoms with E-state index >= 15 is 0 Å². The molecule has 0 N–H and O–H groups in total. The Balaban J connectivity index is 0.000000517. The van der Waals surface area contributed by atoms with Crippen LogP contribution in [0.3, 0.4) is 0 Å². The Labute approximate surface area is 272 Å². The van der Waals surface area contributed by atoms with Crippen LogP contribution in [0.25, 0.3) is 22.1 Å². The summed E-state index contributed by atoms with van der Waals surface area (Å²) in [5, 5.41) is 8.49. The molecule has 0 atom stereocenters. The van der Waals surface area contributed by atoms with Gasteiger partial charge < -0.3 is 4.42 Å². The molecule has 4 nitrogen and oxygen atoms in total. The number of para-hydroxylation sites is 1. The first-order chi connectivity index (χ1) is 22.5. The van der Waals surface area contributed by atoms with E-state index in [9.17, 15) is 0 Å². The van der Waals surface area contributed by atoms with Crippen LogP contribution in [0, 0.1) is 0 Å². The van der Waals surface area contributed by atoms with Gasteiger partial charge in [-0.05, 0) is 78.4 Å². The molecule has 3 heterocycles. The topological polar surface area (TPSA) is 32.0 Å². The van der Waals surface area contributed by atoms with Crippen molar-refractivity contribution in [1.82, 2.24) is 5.01 Å². The van der Waals surface area contributed by atoms with Crippen LogP contribution in [0.5, 0.6) is 0 Å². The van der Waals surface area contributed by atoms with Gasteiger partial charge in [0.05, 0.1) is 23.3 Å². The highest BCUT2D eigenvalue weighted by Gasteiger charge is 2.36. The Hall–Kier alpha value is -5.35. The molecule has 2 aliphatic heterocycles.